The van der Waals surface area contributed by atoms with Gasteiger partial charge in [-0.1, -0.05) is 54.6 Å². The molecule has 2 aromatic heterocycles. The minimum absolute atomic E-state index is 0.0169. The Bertz CT molecular complexity index is 1320. The summed E-state index contributed by atoms with van der Waals surface area (Å²) in [5.74, 6) is 0.0169. The number of sulfonamides is 1. The number of nitrogens with one attached hydrogen (secondary N) is 1. The SMILES string of the molecule is O=C(c1c[nH]c2ccccc12)[C@@H](c1ccccc1)N1CCN(S(=O)(=O)c2cccs2)CC1. The van der Waals surface area contributed by atoms with E-state index in [1.54, 1.807) is 23.7 Å². The normalized spacial score (nSPS) is 16.9. The van der Waals surface area contributed by atoms with Crippen molar-refractivity contribution in [2.75, 3.05) is 26.2 Å². The maximum absolute atomic E-state index is 13.8. The van der Waals surface area contributed by atoms with Crippen LogP contribution in [0.5, 0.6) is 0 Å². The van der Waals surface area contributed by atoms with Crippen LogP contribution in [-0.4, -0.2) is 54.6 Å². The molecular formula is C24H23N3O3S2. The molecule has 1 fully saturated rings. The van der Waals surface area contributed by atoms with Crippen LogP contribution in [0.2, 0.25) is 0 Å². The molecule has 0 aliphatic carbocycles. The minimum Gasteiger partial charge on any atom is -0.360 e. The molecule has 0 unspecified atom stereocenters. The van der Waals surface area contributed by atoms with Crippen LogP contribution in [0.3, 0.4) is 0 Å². The predicted molar refractivity (Wildman–Crippen MR) is 126 cm³/mol. The highest BCUT2D eigenvalue weighted by molar-refractivity contribution is 7.91. The summed E-state index contributed by atoms with van der Waals surface area (Å²) in [6.45, 7) is 1.67. The van der Waals surface area contributed by atoms with Gasteiger partial charge in [0.25, 0.3) is 10.0 Å². The number of H-pyrrole nitrogens is 1. The third-order valence-corrected chi connectivity index (χ3v) is 9.22. The molecular weight excluding hydrogens is 442 g/mol. The number of para-hydroxylation sites is 1. The third-order valence-electron chi connectivity index (χ3n) is 5.95. The third kappa shape index (κ3) is 3.80. The van der Waals surface area contributed by atoms with Gasteiger partial charge in [0.1, 0.15) is 4.21 Å². The van der Waals surface area contributed by atoms with E-state index < -0.39 is 16.1 Å². The summed E-state index contributed by atoms with van der Waals surface area (Å²) < 4.78 is 27.7. The molecule has 0 bridgehead atoms. The standard InChI is InChI=1S/C24H23N3O3S2/c28-24(20-17-25-21-10-5-4-9-19(20)21)23(18-7-2-1-3-8-18)26-12-14-27(15-13-26)32(29,30)22-11-6-16-31-22/h1-11,16-17,23,25H,12-15H2/t23-/m1/s1. The van der Waals surface area contributed by atoms with Gasteiger partial charge in [0.05, 0.1) is 6.04 Å². The lowest BCUT2D eigenvalue weighted by Crippen LogP contribution is -2.50. The van der Waals surface area contributed by atoms with Crippen molar-refractivity contribution in [2.45, 2.75) is 10.3 Å². The Morgan fingerprint density at radius 1 is 0.906 bits per heavy atom. The molecule has 0 spiro atoms. The lowest BCUT2D eigenvalue weighted by molar-refractivity contribution is 0.0755. The smallest absolute Gasteiger partial charge is 0.252 e. The van der Waals surface area contributed by atoms with Gasteiger partial charge in [0, 0.05) is 48.8 Å². The lowest BCUT2D eigenvalue weighted by Gasteiger charge is -2.38. The number of aromatic amines is 1. The quantitative estimate of drug-likeness (QED) is 0.434. The Hall–Kier alpha value is -2.78. The van der Waals surface area contributed by atoms with E-state index in [4.69, 9.17) is 0 Å². The minimum atomic E-state index is -3.49. The molecule has 0 amide bonds. The molecule has 32 heavy (non-hydrogen) atoms. The first kappa shape index (κ1) is 21.1. The second-order valence-electron chi connectivity index (χ2n) is 7.80. The number of nitrogens with zero attached hydrogens (tertiary/aromatic N) is 2. The van der Waals surface area contributed by atoms with E-state index in [-0.39, 0.29) is 5.78 Å². The first-order valence-electron chi connectivity index (χ1n) is 10.5. The second-order valence-corrected chi connectivity index (χ2v) is 10.9. The van der Waals surface area contributed by atoms with Crippen LogP contribution in [0.4, 0.5) is 0 Å². The highest BCUT2D eigenvalue weighted by atomic mass is 32.2. The van der Waals surface area contributed by atoms with Gasteiger partial charge in [-0.15, -0.1) is 11.3 Å². The molecule has 164 valence electrons. The molecule has 1 saturated heterocycles. The monoisotopic (exact) mass is 465 g/mol. The van der Waals surface area contributed by atoms with Gasteiger partial charge >= 0.3 is 0 Å². The van der Waals surface area contributed by atoms with Crippen LogP contribution >= 0.6 is 11.3 Å². The summed E-state index contributed by atoms with van der Waals surface area (Å²) in [4.78, 5) is 19.1. The van der Waals surface area contributed by atoms with Crippen molar-refractivity contribution in [3.8, 4) is 0 Å². The van der Waals surface area contributed by atoms with Crippen molar-refractivity contribution >= 4 is 38.0 Å². The fraction of sp³-hybridized carbons (Fsp3) is 0.208. The van der Waals surface area contributed by atoms with Crippen LogP contribution in [-0.2, 0) is 10.0 Å². The van der Waals surface area contributed by atoms with E-state index in [1.807, 2.05) is 54.6 Å². The number of benzene rings is 2. The molecule has 6 nitrogen and oxygen atoms in total. The molecule has 1 atom stereocenters. The molecule has 4 aromatic rings. The van der Waals surface area contributed by atoms with Crippen LogP contribution in [0.1, 0.15) is 22.0 Å². The number of carbonyl (C=O) groups is 1. The number of Topliss-reactive ketones (excluding diaryl/α,β-unsaturated/α-hetero) is 1. The van der Waals surface area contributed by atoms with Gasteiger partial charge in [0.2, 0.25) is 0 Å². The van der Waals surface area contributed by atoms with E-state index in [2.05, 4.69) is 9.88 Å². The van der Waals surface area contributed by atoms with Gasteiger partial charge in [-0.05, 0) is 23.1 Å². The van der Waals surface area contributed by atoms with Gasteiger partial charge in [-0.25, -0.2) is 8.42 Å². The Morgan fingerprint density at radius 3 is 2.34 bits per heavy atom. The average Bonchev–Trinajstić information content (AvgIpc) is 3.51. The molecule has 1 aliphatic rings. The molecule has 1 N–H and O–H groups in total. The summed E-state index contributed by atoms with van der Waals surface area (Å²) >= 11 is 1.23. The molecule has 3 heterocycles. The average molecular weight is 466 g/mol. The van der Waals surface area contributed by atoms with Crippen molar-refractivity contribution in [1.29, 1.82) is 0 Å². The predicted octanol–water partition coefficient (Wildman–Crippen LogP) is 4.16. The summed E-state index contributed by atoms with van der Waals surface area (Å²) in [5.41, 5.74) is 2.50. The fourth-order valence-corrected chi connectivity index (χ4v) is 6.89. The topological polar surface area (TPSA) is 73.5 Å². The number of aromatic nitrogens is 1. The zero-order valence-electron chi connectivity index (χ0n) is 17.3. The molecule has 0 saturated carbocycles. The van der Waals surface area contributed by atoms with Crippen molar-refractivity contribution in [1.82, 2.24) is 14.2 Å². The van der Waals surface area contributed by atoms with Gasteiger partial charge in [0.15, 0.2) is 5.78 Å². The van der Waals surface area contributed by atoms with E-state index in [0.717, 1.165) is 16.5 Å². The number of thiophene rings is 1. The maximum atomic E-state index is 13.8. The molecule has 0 radical (unpaired) electrons. The zero-order chi connectivity index (χ0) is 22.1. The van der Waals surface area contributed by atoms with E-state index in [0.29, 0.717) is 36.0 Å². The highest BCUT2D eigenvalue weighted by Crippen LogP contribution is 2.31. The summed E-state index contributed by atoms with van der Waals surface area (Å²) in [6.07, 6.45) is 1.78. The van der Waals surface area contributed by atoms with Crippen LogP contribution in [0.25, 0.3) is 10.9 Å². The van der Waals surface area contributed by atoms with Crippen molar-refractivity contribution in [3.63, 3.8) is 0 Å². The number of ketones is 1. The molecule has 5 rings (SSSR count). The number of rotatable bonds is 6. The zero-order valence-corrected chi connectivity index (χ0v) is 19.0. The van der Waals surface area contributed by atoms with E-state index >= 15 is 0 Å². The molecule has 1 aliphatic heterocycles. The second kappa shape index (κ2) is 8.63. The number of piperazine rings is 1. The van der Waals surface area contributed by atoms with Crippen LogP contribution in [0, 0.1) is 0 Å². The number of hydrogen-bond donors (Lipinski definition) is 1. The van der Waals surface area contributed by atoms with Gasteiger partial charge in [-0.3, -0.25) is 9.69 Å². The largest absolute Gasteiger partial charge is 0.360 e. The van der Waals surface area contributed by atoms with E-state index in [9.17, 15) is 13.2 Å². The summed E-state index contributed by atoms with van der Waals surface area (Å²) in [6, 6.07) is 20.4. The number of fused-ring (bicyclic) bond motifs is 1. The van der Waals surface area contributed by atoms with Crippen molar-refractivity contribution in [2.24, 2.45) is 0 Å². The lowest BCUT2D eigenvalue weighted by atomic mass is 9.95. The number of carbonyl (C=O) groups excluding carboxylic acids is 1. The van der Waals surface area contributed by atoms with Gasteiger partial charge < -0.3 is 4.98 Å². The summed E-state index contributed by atoms with van der Waals surface area (Å²) in [7, 11) is -3.49. The van der Waals surface area contributed by atoms with Crippen molar-refractivity contribution < 1.29 is 13.2 Å². The Balaban J connectivity index is 1.43. The number of hydrogen-bond acceptors (Lipinski definition) is 5. The Kier molecular flexibility index (Phi) is 5.69. The Morgan fingerprint density at radius 2 is 1.62 bits per heavy atom. The Labute approximate surface area is 191 Å². The molecule has 2 aromatic carbocycles. The fourth-order valence-electron chi connectivity index (χ4n) is 4.33. The first-order chi connectivity index (χ1) is 15.6. The van der Waals surface area contributed by atoms with Gasteiger partial charge in [-0.2, -0.15) is 4.31 Å². The maximum Gasteiger partial charge on any atom is 0.252 e. The molecule has 8 heteroatoms. The van der Waals surface area contributed by atoms with E-state index in [1.165, 1.54) is 15.6 Å². The van der Waals surface area contributed by atoms with Crippen LogP contribution < -0.4 is 0 Å². The van der Waals surface area contributed by atoms with Crippen molar-refractivity contribution in [3.05, 3.63) is 89.4 Å². The van der Waals surface area contributed by atoms with Crippen LogP contribution in [0.15, 0.2) is 82.5 Å². The first-order valence-corrected chi connectivity index (χ1v) is 12.8. The summed E-state index contributed by atoms with van der Waals surface area (Å²) in [5, 5.41) is 2.67. The highest BCUT2D eigenvalue weighted by Gasteiger charge is 2.35.